The van der Waals surface area contributed by atoms with Gasteiger partial charge in [-0.2, -0.15) is 0 Å². The number of hydrogen-bond donors (Lipinski definition) is 2. The summed E-state index contributed by atoms with van der Waals surface area (Å²) in [5.74, 6) is -0.578. The van der Waals surface area contributed by atoms with Crippen LogP contribution in [0.15, 0.2) is 24.3 Å². The van der Waals surface area contributed by atoms with E-state index in [1.54, 1.807) is 24.3 Å². The van der Waals surface area contributed by atoms with Crippen molar-refractivity contribution in [1.29, 1.82) is 0 Å². The van der Waals surface area contributed by atoms with E-state index in [1.165, 1.54) is 7.11 Å². The van der Waals surface area contributed by atoms with Crippen molar-refractivity contribution in [3.05, 3.63) is 35.4 Å². The summed E-state index contributed by atoms with van der Waals surface area (Å²) in [7, 11) is 1.33. The molecule has 0 radical (unpaired) electrons. The third-order valence-electron chi connectivity index (χ3n) is 3.24. The lowest BCUT2D eigenvalue weighted by atomic mass is 10.1. The number of methoxy groups -OCH3 is 1. The van der Waals surface area contributed by atoms with E-state index in [0.717, 1.165) is 18.4 Å². The zero-order chi connectivity index (χ0) is 15.2. The van der Waals surface area contributed by atoms with Gasteiger partial charge >= 0.3 is 5.97 Å². The lowest BCUT2D eigenvalue weighted by molar-refractivity contribution is -0.126. The fourth-order valence-electron chi connectivity index (χ4n) is 1.80. The largest absolute Gasteiger partial charge is 0.465 e. The maximum Gasteiger partial charge on any atom is 0.337 e. The van der Waals surface area contributed by atoms with Gasteiger partial charge in [0.15, 0.2) is 0 Å². The average Bonchev–Trinajstić information content (AvgIpc) is 3.35. The van der Waals surface area contributed by atoms with Gasteiger partial charge in [-0.3, -0.25) is 9.59 Å². The number of benzene rings is 1. The molecule has 1 aliphatic rings. The van der Waals surface area contributed by atoms with E-state index in [9.17, 15) is 14.4 Å². The number of esters is 1. The molecule has 2 amide bonds. The highest BCUT2D eigenvalue weighted by atomic mass is 16.5. The number of ether oxygens (including phenoxy) is 1. The number of rotatable bonds is 6. The van der Waals surface area contributed by atoms with Crippen LogP contribution in [0.2, 0.25) is 0 Å². The second-order valence-electron chi connectivity index (χ2n) is 4.96. The minimum atomic E-state index is -0.395. The van der Waals surface area contributed by atoms with Gasteiger partial charge in [0.05, 0.1) is 19.2 Å². The summed E-state index contributed by atoms with van der Waals surface area (Å²) in [5.41, 5.74) is 1.33. The summed E-state index contributed by atoms with van der Waals surface area (Å²) in [5, 5.41) is 5.31. The Labute approximate surface area is 122 Å². The van der Waals surface area contributed by atoms with Crippen LogP contribution < -0.4 is 10.6 Å². The van der Waals surface area contributed by atoms with Crippen LogP contribution in [-0.4, -0.2) is 31.4 Å². The Bertz CT molecular complexity index is 535. The first kappa shape index (κ1) is 15.0. The lowest BCUT2D eigenvalue weighted by Gasteiger charge is -2.07. The van der Waals surface area contributed by atoms with E-state index in [0.29, 0.717) is 12.1 Å². The van der Waals surface area contributed by atoms with E-state index in [-0.39, 0.29) is 24.3 Å². The maximum absolute atomic E-state index is 11.6. The van der Waals surface area contributed by atoms with Gasteiger partial charge in [-0.05, 0) is 30.5 Å². The van der Waals surface area contributed by atoms with Gasteiger partial charge in [0, 0.05) is 12.5 Å². The Kier molecular flexibility index (Phi) is 4.92. The van der Waals surface area contributed by atoms with Crippen LogP contribution in [0, 0.1) is 5.92 Å². The molecule has 21 heavy (non-hydrogen) atoms. The predicted molar refractivity (Wildman–Crippen MR) is 75.4 cm³/mol. The number of carbonyl (C=O) groups excluding carboxylic acids is 3. The maximum atomic E-state index is 11.6. The smallest absolute Gasteiger partial charge is 0.337 e. The molecule has 0 aromatic heterocycles. The molecule has 2 rings (SSSR count). The van der Waals surface area contributed by atoms with Gasteiger partial charge in [-0.1, -0.05) is 12.1 Å². The summed E-state index contributed by atoms with van der Waals surface area (Å²) in [6, 6.07) is 6.77. The van der Waals surface area contributed by atoms with Crippen molar-refractivity contribution in [1.82, 2.24) is 10.6 Å². The second-order valence-corrected chi connectivity index (χ2v) is 4.96. The van der Waals surface area contributed by atoms with E-state index >= 15 is 0 Å². The van der Waals surface area contributed by atoms with Gasteiger partial charge in [0.1, 0.15) is 0 Å². The minimum absolute atomic E-state index is 0.00439. The molecule has 6 nitrogen and oxygen atoms in total. The highest BCUT2D eigenvalue weighted by molar-refractivity contribution is 5.89. The van der Waals surface area contributed by atoms with Crippen LogP contribution in [0.5, 0.6) is 0 Å². The van der Waals surface area contributed by atoms with E-state index in [2.05, 4.69) is 15.4 Å². The molecule has 1 fully saturated rings. The first-order chi connectivity index (χ1) is 10.1. The highest BCUT2D eigenvalue weighted by Crippen LogP contribution is 2.28. The van der Waals surface area contributed by atoms with Gasteiger partial charge in [0.25, 0.3) is 0 Å². The molecule has 0 unspecified atom stereocenters. The molecule has 1 aliphatic carbocycles. The first-order valence-electron chi connectivity index (χ1n) is 6.82. The fraction of sp³-hybridized carbons (Fsp3) is 0.400. The van der Waals surface area contributed by atoms with Crippen LogP contribution in [0.1, 0.15) is 28.8 Å². The molecule has 0 bridgehead atoms. The van der Waals surface area contributed by atoms with E-state index < -0.39 is 5.97 Å². The highest BCUT2D eigenvalue weighted by Gasteiger charge is 2.29. The summed E-state index contributed by atoms with van der Waals surface area (Å²) in [4.78, 5) is 34.2. The van der Waals surface area contributed by atoms with Gasteiger partial charge < -0.3 is 15.4 Å². The Balaban J connectivity index is 1.72. The third-order valence-corrected chi connectivity index (χ3v) is 3.24. The molecule has 0 atom stereocenters. The number of amides is 2. The molecular weight excluding hydrogens is 272 g/mol. The Morgan fingerprint density at radius 1 is 1.14 bits per heavy atom. The summed E-state index contributed by atoms with van der Waals surface area (Å²) in [6.07, 6.45) is 1.83. The normalized spacial score (nSPS) is 13.4. The zero-order valence-electron chi connectivity index (χ0n) is 11.8. The summed E-state index contributed by atoms with van der Waals surface area (Å²) >= 11 is 0. The van der Waals surface area contributed by atoms with Crippen LogP contribution in [0.3, 0.4) is 0 Å². The molecule has 0 spiro atoms. The fourth-order valence-corrected chi connectivity index (χ4v) is 1.80. The van der Waals surface area contributed by atoms with Crippen LogP contribution >= 0.6 is 0 Å². The SMILES string of the molecule is COC(=O)c1ccc(CNC(=O)CNC(=O)C2CC2)cc1. The Morgan fingerprint density at radius 3 is 2.38 bits per heavy atom. The van der Waals surface area contributed by atoms with Gasteiger partial charge in [-0.25, -0.2) is 4.79 Å². The Morgan fingerprint density at radius 2 is 1.81 bits per heavy atom. The monoisotopic (exact) mass is 290 g/mol. The first-order valence-corrected chi connectivity index (χ1v) is 6.82. The Hall–Kier alpha value is -2.37. The standard InChI is InChI=1S/C15H18N2O4/c1-21-15(20)12-4-2-10(3-5-12)8-16-13(18)9-17-14(19)11-6-7-11/h2-5,11H,6-9H2,1H3,(H,16,18)(H,17,19). The van der Waals surface area contributed by atoms with Crippen molar-refractivity contribution in [2.45, 2.75) is 19.4 Å². The molecule has 6 heteroatoms. The van der Waals surface area contributed by atoms with Crippen molar-refractivity contribution >= 4 is 17.8 Å². The van der Waals surface area contributed by atoms with E-state index in [4.69, 9.17) is 0 Å². The second kappa shape index (κ2) is 6.88. The van der Waals surface area contributed by atoms with Gasteiger partial charge in [-0.15, -0.1) is 0 Å². The van der Waals surface area contributed by atoms with Crippen molar-refractivity contribution in [3.63, 3.8) is 0 Å². The van der Waals surface area contributed by atoms with Crippen molar-refractivity contribution in [2.24, 2.45) is 5.92 Å². The number of hydrogen-bond acceptors (Lipinski definition) is 4. The number of nitrogens with one attached hydrogen (secondary N) is 2. The number of carbonyl (C=O) groups is 3. The zero-order valence-corrected chi connectivity index (χ0v) is 11.8. The van der Waals surface area contributed by atoms with Crippen LogP contribution in [-0.2, 0) is 20.9 Å². The molecule has 0 aliphatic heterocycles. The predicted octanol–water partition coefficient (Wildman–Crippen LogP) is 0.616. The molecule has 2 N–H and O–H groups in total. The van der Waals surface area contributed by atoms with E-state index in [1.807, 2.05) is 0 Å². The molecule has 1 saturated carbocycles. The quantitative estimate of drug-likeness (QED) is 0.752. The van der Waals surface area contributed by atoms with Crippen LogP contribution in [0.4, 0.5) is 0 Å². The van der Waals surface area contributed by atoms with Crippen LogP contribution in [0.25, 0.3) is 0 Å². The molecule has 0 saturated heterocycles. The topological polar surface area (TPSA) is 84.5 Å². The van der Waals surface area contributed by atoms with Crippen molar-refractivity contribution in [3.8, 4) is 0 Å². The molecule has 112 valence electrons. The summed E-state index contributed by atoms with van der Waals surface area (Å²) in [6.45, 7) is 0.342. The molecular formula is C15H18N2O4. The molecule has 0 heterocycles. The van der Waals surface area contributed by atoms with Crippen molar-refractivity contribution in [2.75, 3.05) is 13.7 Å². The minimum Gasteiger partial charge on any atom is -0.465 e. The molecule has 1 aromatic carbocycles. The average molecular weight is 290 g/mol. The third kappa shape index (κ3) is 4.59. The molecule has 1 aromatic rings. The lowest BCUT2D eigenvalue weighted by Crippen LogP contribution is -2.37. The summed E-state index contributed by atoms with van der Waals surface area (Å²) < 4.78 is 4.60. The van der Waals surface area contributed by atoms with Gasteiger partial charge in [0.2, 0.25) is 11.8 Å². The van der Waals surface area contributed by atoms with Crippen molar-refractivity contribution < 1.29 is 19.1 Å².